The van der Waals surface area contributed by atoms with Crippen LogP contribution < -0.4 is 11.1 Å². The zero-order valence-corrected chi connectivity index (χ0v) is 13.1. The molecular weight excluding hydrogens is 380 g/mol. The van der Waals surface area contributed by atoms with Gasteiger partial charge in [0.1, 0.15) is 14.9 Å². The summed E-state index contributed by atoms with van der Waals surface area (Å²) >= 11 is 6.41. The van der Waals surface area contributed by atoms with Crippen LogP contribution in [0.4, 0.5) is 11.5 Å². The Hall–Kier alpha value is -1.48. The summed E-state index contributed by atoms with van der Waals surface area (Å²) in [6.07, 6.45) is 2.93. The van der Waals surface area contributed by atoms with Crippen LogP contribution >= 0.6 is 31.9 Å². The van der Waals surface area contributed by atoms with E-state index in [1.54, 1.807) is 0 Å². The maximum absolute atomic E-state index is 12.2. The Labute approximate surface area is 125 Å². The van der Waals surface area contributed by atoms with Crippen molar-refractivity contribution in [2.45, 2.75) is 13.5 Å². The topological polar surface area (TPSA) is 98.7 Å². The van der Waals surface area contributed by atoms with Crippen LogP contribution in [0.1, 0.15) is 17.4 Å². The first-order valence-corrected chi connectivity index (χ1v) is 6.92. The Balaban J connectivity index is 2.28. The third-order valence-corrected chi connectivity index (χ3v) is 3.25. The van der Waals surface area contributed by atoms with Gasteiger partial charge in [-0.3, -0.25) is 9.48 Å². The molecule has 0 bridgehead atoms. The lowest BCUT2D eigenvalue weighted by Gasteiger charge is -2.08. The molecule has 0 aliphatic carbocycles. The molecule has 0 saturated heterocycles. The highest BCUT2D eigenvalue weighted by atomic mass is 79.9. The number of aromatic nitrogens is 4. The van der Waals surface area contributed by atoms with Crippen molar-refractivity contribution in [3.8, 4) is 0 Å². The minimum atomic E-state index is -0.380. The number of carbonyl (C=O) groups is 1. The highest BCUT2D eigenvalue weighted by Crippen LogP contribution is 2.21. The smallest absolute Gasteiger partial charge is 0.277 e. The number of anilines is 2. The van der Waals surface area contributed by atoms with Gasteiger partial charge in [0, 0.05) is 6.54 Å². The summed E-state index contributed by atoms with van der Waals surface area (Å²) in [6.45, 7) is 2.42. The van der Waals surface area contributed by atoms with Gasteiger partial charge >= 0.3 is 0 Å². The van der Waals surface area contributed by atoms with Crippen molar-refractivity contribution in [1.29, 1.82) is 0 Å². The Morgan fingerprint density at radius 1 is 1.47 bits per heavy atom. The molecule has 0 aliphatic heterocycles. The van der Waals surface area contributed by atoms with Gasteiger partial charge in [0.05, 0.1) is 18.1 Å². The fourth-order valence-corrected chi connectivity index (χ4v) is 2.40. The molecule has 0 atom stereocenters. The number of hydrogen-bond donors (Lipinski definition) is 2. The van der Waals surface area contributed by atoms with Crippen LogP contribution in [0.15, 0.2) is 21.6 Å². The van der Waals surface area contributed by atoms with Gasteiger partial charge in [0.15, 0.2) is 5.82 Å². The van der Waals surface area contributed by atoms with Gasteiger partial charge in [-0.15, -0.1) is 0 Å². The summed E-state index contributed by atoms with van der Waals surface area (Å²) in [7, 11) is 0. The Kier molecular flexibility index (Phi) is 4.15. The molecule has 2 rings (SSSR count). The summed E-state index contributed by atoms with van der Waals surface area (Å²) < 4.78 is 2.51. The van der Waals surface area contributed by atoms with E-state index in [2.05, 4.69) is 52.2 Å². The van der Waals surface area contributed by atoms with Crippen LogP contribution in [0.5, 0.6) is 0 Å². The number of rotatable bonds is 3. The van der Waals surface area contributed by atoms with Gasteiger partial charge in [0.25, 0.3) is 5.91 Å². The number of amides is 1. The van der Waals surface area contributed by atoms with Crippen molar-refractivity contribution in [2.75, 3.05) is 11.1 Å². The number of nitrogens with one attached hydrogen (secondary N) is 1. The highest BCUT2D eigenvalue weighted by Gasteiger charge is 2.18. The van der Waals surface area contributed by atoms with E-state index in [0.29, 0.717) is 33.0 Å². The Bertz CT molecular complexity index is 626. The second kappa shape index (κ2) is 5.66. The van der Waals surface area contributed by atoms with Gasteiger partial charge in [-0.1, -0.05) is 0 Å². The molecule has 1 amide bonds. The van der Waals surface area contributed by atoms with E-state index >= 15 is 0 Å². The molecule has 0 aliphatic rings. The molecule has 100 valence electrons. The minimum absolute atomic E-state index is 0.305. The van der Waals surface area contributed by atoms with E-state index < -0.39 is 0 Å². The number of aryl methyl sites for hydroxylation is 1. The minimum Gasteiger partial charge on any atom is -0.396 e. The zero-order valence-electron chi connectivity index (χ0n) is 9.89. The summed E-state index contributed by atoms with van der Waals surface area (Å²) in [5.74, 6) is -0.0642. The average Bonchev–Trinajstić information content (AvgIpc) is 2.74. The largest absolute Gasteiger partial charge is 0.396 e. The normalized spacial score (nSPS) is 10.5. The third kappa shape index (κ3) is 2.92. The second-order valence-electron chi connectivity index (χ2n) is 3.55. The standard InChI is InChI=1S/C10H10Br2N6O/c1-2-18-7(5(13)3-15-18)10(19)17-9-8(12)16-6(11)4-14-9/h3-4H,2,13H2,1H3,(H,14,17,19). The van der Waals surface area contributed by atoms with E-state index in [0.717, 1.165) is 0 Å². The maximum Gasteiger partial charge on any atom is 0.277 e. The van der Waals surface area contributed by atoms with Crippen molar-refractivity contribution in [3.05, 3.63) is 27.3 Å². The summed E-state index contributed by atoms with van der Waals surface area (Å²) in [6, 6.07) is 0. The molecule has 0 fully saturated rings. The number of hydrogen-bond acceptors (Lipinski definition) is 5. The number of carbonyl (C=O) groups excluding carboxylic acids is 1. The Morgan fingerprint density at radius 2 is 2.21 bits per heavy atom. The van der Waals surface area contributed by atoms with Crippen LogP contribution in [0.2, 0.25) is 0 Å². The molecule has 7 nitrogen and oxygen atoms in total. The van der Waals surface area contributed by atoms with Gasteiger partial charge in [-0.05, 0) is 38.8 Å². The van der Waals surface area contributed by atoms with E-state index in [-0.39, 0.29) is 5.91 Å². The SMILES string of the molecule is CCn1ncc(N)c1C(=O)Nc1ncc(Br)nc1Br. The van der Waals surface area contributed by atoms with Gasteiger partial charge < -0.3 is 11.1 Å². The quantitative estimate of drug-likeness (QED) is 0.836. The summed E-state index contributed by atoms with van der Waals surface area (Å²) in [5, 5.41) is 6.64. The van der Waals surface area contributed by atoms with Crippen LogP contribution in [0.3, 0.4) is 0 Å². The molecule has 2 heterocycles. The van der Waals surface area contributed by atoms with Crippen LogP contribution in [-0.2, 0) is 6.54 Å². The average molecular weight is 390 g/mol. The molecule has 19 heavy (non-hydrogen) atoms. The maximum atomic E-state index is 12.2. The first-order chi connectivity index (χ1) is 9.02. The lowest BCUT2D eigenvalue weighted by Crippen LogP contribution is -2.19. The predicted molar refractivity (Wildman–Crippen MR) is 77.7 cm³/mol. The Morgan fingerprint density at radius 3 is 2.84 bits per heavy atom. The van der Waals surface area contributed by atoms with Crippen LogP contribution in [0, 0.1) is 0 Å². The molecular formula is C10H10Br2N6O. The molecule has 0 aromatic carbocycles. The van der Waals surface area contributed by atoms with Crippen molar-refractivity contribution >= 4 is 49.3 Å². The number of halogens is 2. The fourth-order valence-electron chi connectivity index (χ4n) is 1.49. The molecule has 2 aromatic rings. The highest BCUT2D eigenvalue weighted by molar-refractivity contribution is 9.11. The van der Waals surface area contributed by atoms with Crippen molar-refractivity contribution < 1.29 is 4.79 Å². The van der Waals surface area contributed by atoms with Crippen molar-refractivity contribution in [3.63, 3.8) is 0 Å². The van der Waals surface area contributed by atoms with E-state index in [1.807, 2.05) is 6.92 Å². The summed E-state index contributed by atoms with van der Waals surface area (Å²) in [4.78, 5) is 20.3. The molecule has 9 heteroatoms. The number of nitrogen functional groups attached to an aromatic ring is 1. The molecule has 0 saturated carbocycles. The first kappa shape index (κ1) is 13.9. The van der Waals surface area contributed by atoms with Gasteiger partial charge in [-0.2, -0.15) is 5.10 Å². The second-order valence-corrected chi connectivity index (χ2v) is 5.11. The zero-order chi connectivity index (χ0) is 14.0. The van der Waals surface area contributed by atoms with Gasteiger partial charge in [0.2, 0.25) is 0 Å². The van der Waals surface area contributed by atoms with Crippen LogP contribution in [-0.4, -0.2) is 25.7 Å². The van der Waals surface area contributed by atoms with E-state index in [1.165, 1.54) is 17.1 Å². The number of nitrogens with two attached hydrogens (primary N) is 1. The van der Waals surface area contributed by atoms with Crippen molar-refractivity contribution in [1.82, 2.24) is 19.7 Å². The molecule has 0 spiro atoms. The molecule has 0 radical (unpaired) electrons. The summed E-state index contributed by atoms with van der Waals surface area (Å²) in [5.41, 5.74) is 6.36. The monoisotopic (exact) mass is 388 g/mol. The lowest BCUT2D eigenvalue weighted by atomic mass is 10.3. The fraction of sp³-hybridized carbons (Fsp3) is 0.200. The lowest BCUT2D eigenvalue weighted by molar-refractivity contribution is 0.101. The third-order valence-electron chi connectivity index (χ3n) is 2.31. The van der Waals surface area contributed by atoms with E-state index in [9.17, 15) is 4.79 Å². The molecule has 0 unspecified atom stereocenters. The van der Waals surface area contributed by atoms with E-state index in [4.69, 9.17) is 5.73 Å². The van der Waals surface area contributed by atoms with Crippen LogP contribution in [0.25, 0.3) is 0 Å². The predicted octanol–water partition coefficient (Wildman–Crippen LogP) is 2.05. The molecule has 3 N–H and O–H groups in total. The number of nitrogens with zero attached hydrogens (tertiary/aromatic N) is 4. The molecule has 2 aromatic heterocycles. The van der Waals surface area contributed by atoms with Crippen molar-refractivity contribution in [2.24, 2.45) is 0 Å². The first-order valence-electron chi connectivity index (χ1n) is 5.33. The van der Waals surface area contributed by atoms with Gasteiger partial charge in [-0.25, -0.2) is 9.97 Å².